The van der Waals surface area contributed by atoms with Crippen molar-refractivity contribution in [2.45, 2.75) is 19.6 Å². The van der Waals surface area contributed by atoms with Gasteiger partial charge in [0.05, 0.1) is 0 Å². The molecule has 0 aromatic heterocycles. The highest BCUT2D eigenvalue weighted by atomic mass is 127. The summed E-state index contributed by atoms with van der Waals surface area (Å²) in [4.78, 5) is 0. The highest BCUT2D eigenvalue weighted by molar-refractivity contribution is 14.1. The van der Waals surface area contributed by atoms with E-state index in [1.807, 2.05) is 31.2 Å². The Labute approximate surface area is 130 Å². The molecule has 1 N–H and O–H groups in total. The maximum Gasteiger partial charge on any atom is 0.387 e. The van der Waals surface area contributed by atoms with Crippen molar-refractivity contribution in [3.05, 3.63) is 57.7 Å². The molecule has 0 spiro atoms. The van der Waals surface area contributed by atoms with Crippen LogP contribution in [0.25, 0.3) is 0 Å². The summed E-state index contributed by atoms with van der Waals surface area (Å²) in [6.07, 6.45) is 0. The van der Waals surface area contributed by atoms with E-state index in [2.05, 4.69) is 32.6 Å². The van der Waals surface area contributed by atoms with Crippen LogP contribution in [0.3, 0.4) is 0 Å². The van der Waals surface area contributed by atoms with Crippen molar-refractivity contribution in [1.82, 2.24) is 0 Å². The molecule has 2 aromatic rings. The molecule has 106 valence electrons. The number of anilines is 1. The zero-order valence-corrected chi connectivity index (χ0v) is 13.0. The Balaban J connectivity index is 2.03. The quantitative estimate of drug-likeness (QED) is 0.722. The van der Waals surface area contributed by atoms with Crippen LogP contribution in [0.2, 0.25) is 0 Å². The molecule has 2 rings (SSSR count). The van der Waals surface area contributed by atoms with E-state index in [9.17, 15) is 8.78 Å². The fraction of sp³-hybridized carbons (Fsp3) is 0.200. The maximum absolute atomic E-state index is 12.1. The Hall–Kier alpha value is -1.37. The monoisotopic (exact) mass is 389 g/mol. The molecule has 0 heterocycles. The largest absolute Gasteiger partial charge is 0.435 e. The van der Waals surface area contributed by atoms with Gasteiger partial charge in [0.15, 0.2) is 0 Å². The van der Waals surface area contributed by atoms with E-state index < -0.39 is 6.61 Å². The predicted octanol–water partition coefficient (Wildman–Crippen LogP) is 5.07. The number of halogens is 3. The number of alkyl halides is 2. The summed E-state index contributed by atoms with van der Waals surface area (Å²) in [5, 5.41) is 3.37. The lowest BCUT2D eigenvalue weighted by Crippen LogP contribution is -2.07. The van der Waals surface area contributed by atoms with Gasteiger partial charge in [-0.05, 0) is 65.4 Å². The van der Waals surface area contributed by atoms with Crippen molar-refractivity contribution >= 4 is 28.3 Å². The molecule has 0 amide bonds. The van der Waals surface area contributed by atoms with Crippen LogP contribution in [0.4, 0.5) is 14.5 Å². The summed E-state index contributed by atoms with van der Waals surface area (Å²) in [5.41, 5.74) is 2.03. The molecule has 0 aliphatic carbocycles. The minimum atomic E-state index is -2.79. The van der Waals surface area contributed by atoms with E-state index in [1.165, 1.54) is 0 Å². The summed E-state index contributed by atoms with van der Waals surface area (Å²) in [5.74, 6) is 0.171. The van der Waals surface area contributed by atoms with Crippen LogP contribution in [-0.2, 0) is 0 Å². The first-order valence-electron chi connectivity index (χ1n) is 6.11. The first kappa shape index (κ1) is 15.0. The Morgan fingerprint density at radius 3 is 2.40 bits per heavy atom. The fourth-order valence-corrected chi connectivity index (χ4v) is 2.39. The molecule has 5 heteroatoms. The standard InChI is InChI=1S/C15H14F2INO/c1-10(19-13-4-2-3-12(18)9-13)11-5-7-14(8-6-11)20-15(16)17/h2-10,15,19H,1H3. The molecule has 0 radical (unpaired) electrons. The second-order valence-corrected chi connectivity index (χ2v) is 5.57. The van der Waals surface area contributed by atoms with Crippen molar-refractivity contribution in [3.8, 4) is 5.75 Å². The molecule has 1 atom stereocenters. The van der Waals surface area contributed by atoms with Gasteiger partial charge >= 0.3 is 6.61 Å². The van der Waals surface area contributed by atoms with Gasteiger partial charge in [-0.25, -0.2) is 0 Å². The highest BCUT2D eigenvalue weighted by Crippen LogP contribution is 2.23. The van der Waals surface area contributed by atoms with E-state index in [0.717, 1.165) is 14.8 Å². The molecule has 0 aliphatic rings. The summed E-state index contributed by atoms with van der Waals surface area (Å²) in [6.45, 7) is -0.772. The minimum Gasteiger partial charge on any atom is -0.435 e. The molecule has 2 aromatic carbocycles. The number of hydrogen-bond donors (Lipinski definition) is 1. The maximum atomic E-state index is 12.1. The normalized spacial score (nSPS) is 12.2. The molecule has 1 unspecified atom stereocenters. The third-order valence-electron chi connectivity index (χ3n) is 2.81. The zero-order chi connectivity index (χ0) is 14.5. The average molecular weight is 389 g/mol. The van der Waals surface area contributed by atoms with Gasteiger partial charge in [0.2, 0.25) is 0 Å². The lowest BCUT2D eigenvalue weighted by Gasteiger charge is -2.16. The topological polar surface area (TPSA) is 21.3 Å². The Morgan fingerprint density at radius 2 is 1.80 bits per heavy atom. The van der Waals surface area contributed by atoms with Gasteiger partial charge in [0.25, 0.3) is 0 Å². The summed E-state index contributed by atoms with van der Waals surface area (Å²) < 4.78 is 29.6. The Kier molecular flexibility index (Phi) is 5.17. The predicted molar refractivity (Wildman–Crippen MR) is 84.3 cm³/mol. The summed E-state index contributed by atoms with van der Waals surface area (Å²) in [6, 6.07) is 14.8. The van der Waals surface area contributed by atoms with E-state index in [4.69, 9.17) is 0 Å². The SMILES string of the molecule is CC(Nc1cccc(I)c1)c1ccc(OC(F)F)cc1. The van der Waals surface area contributed by atoms with Gasteiger partial charge < -0.3 is 10.1 Å². The van der Waals surface area contributed by atoms with Crippen LogP contribution in [-0.4, -0.2) is 6.61 Å². The van der Waals surface area contributed by atoms with Crippen LogP contribution in [0.15, 0.2) is 48.5 Å². The molecule has 0 fully saturated rings. The third-order valence-corrected chi connectivity index (χ3v) is 3.48. The fourth-order valence-electron chi connectivity index (χ4n) is 1.85. The van der Waals surface area contributed by atoms with E-state index in [1.54, 1.807) is 24.3 Å². The number of benzene rings is 2. The molecular weight excluding hydrogens is 375 g/mol. The van der Waals surface area contributed by atoms with Crippen LogP contribution >= 0.6 is 22.6 Å². The number of nitrogens with one attached hydrogen (secondary N) is 1. The van der Waals surface area contributed by atoms with Crippen molar-refractivity contribution < 1.29 is 13.5 Å². The third kappa shape index (κ3) is 4.33. The van der Waals surface area contributed by atoms with Crippen molar-refractivity contribution in [1.29, 1.82) is 0 Å². The number of rotatable bonds is 5. The lowest BCUT2D eigenvalue weighted by atomic mass is 10.1. The van der Waals surface area contributed by atoms with Gasteiger partial charge in [-0.15, -0.1) is 0 Å². The van der Waals surface area contributed by atoms with Gasteiger partial charge in [-0.2, -0.15) is 8.78 Å². The van der Waals surface area contributed by atoms with Gasteiger partial charge in [0.1, 0.15) is 5.75 Å². The first-order chi connectivity index (χ1) is 9.54. The molecule has 0 aliphatic heterocycles. The second kappa shape index (κ2) is 6.88. The van der Waals surface area contributed by atoms with Crippen LogP contribution in [0.5, 0.6) is 5.75 Å². The van der Waals surface area contributed by atoms with Crippen molar-refractivity contribution in [2.75, 3.05) is 5.32 Å². The second-order valence-electron chi connectivity index (χ2n) is 4.32. The summed E-state index contributed by atoms with van der Waals surface area (Å²) in [7, 11) is 0. The minimum absolute atomic E-state index is 0.0776. The first-order valence-corrected chi connectivity index (χ1v) is 7.19. The van der Waals surface area contributed by atoms with E-state index in [0.29, 0.717) is 0 Å². The van der Waals surface area contributed by atoms with Crippen molar-refractivity contribution in [2.24, 2.45) is 0 Å². The molecule has 0 saturated carbocycles. The zero-order valence-electron chi connectivity index (χ0n) is 10.8. The van der Waals surface area contributed by atoms with Gasteiger partial charge in [0, 0.05) is 15.3 Å². The Bertz CT molecular complexity index is 560. The lowest BCUT2D eigenvalue weighted by molar-refractivity contribution is -0.0498. The molecule has 0 saturated heterocycles. The van der Waals surface area contributed by atoms with E-state index in [-0.39, 0.29) is 11.8 Å². The molecule has 2 nitrogen and oxygen atoms in total. The number of hydrogen-bond acceptors (Lipinski definition) is 2. The molecular formula is C15H14F2INO. The highest BCUT2D eigenvalue weighted by Gasteiger charge is 2.08. The van der Waals surface area contributed by atoms with Crippen molar-refractivity contribution in [3.63, 3.8) is 0 Å². The van der Waals surface area contributed by atoms with Crippen LogP contribution in [0, 0.1) is 3.57 Å². The smallest absolute Gasteiger partial charge is 0.387 e. The van der Waals surface area contributed by atoms with E-state index >= 15 is 0 Å². The molecule has 0 bridgehead atoms. The average Bonchev–Trinajstić information content (AvgIpc) is 2.38. The van der Waals surface area contributed by atoms with Crippen LogP contribution < -0.4 is 10.1 Å². The Morgan fingerprint density at radius 1 is 1.10 bits per heavy atom. The van der Waals surface area contributed by atoms with Crippen LogP contribution in [0.1, 0.15) is 18.5 Å². The summed E-state index contributed by atoms with van der Waals surface area (Å²) >= 11 is 2.25. The van der Waals surface area contributed by atoms with Gasteiger partial charge in [-0.3, -0.25) is 0 Å². The number of ether oxygens (including phenoxy) is 1. The van der Waals surface area contributed by atoms with Gasteiger partial charge in [-0.1, -0.05) is 18.2 Å². The molecule has 20 heavy (non-hydrogen) atoms.